The van der Waals surface area contributed by atoms with Crippen molar-refractivity contribution in [3.8, 4) is 5.69 Å². The molecule has 0 unspecified atom stereocenters. The first kappa shape index (κ1) is 12.6. The standard InChI is InChI=1S/C14H19N3O/c1-9-4-5-13(10(2)8-9)17-11(3)12(6-7-15)14(18)16-17/h4-5,8H,6-7,15H2,1-3H3,(H,16,18). The highest BCUT2D eigenvalue weighted by molar-refractivity contribution is 5.43. The number of nitrogens with zero attached hydrogens (tertiary/aromatic N) is 1. The highest BCUT2D eigenvalue weighted by Gasteiger charge is 2.12. The lowest BCUT2D eigenvalue weighted by Gasteiger charge is -2.10. The lowest BCUT2D eigenvalue weighted by atomic mass is 10.1. The van der Waals surface area contributed by atoms with E-state index in [1.54, 1.807) is 0 Å². The molecule has 0 aliphatic carbocycles. The molecule has 2 rings (SSSR count). The number of nitrogens with one attached hydrogen (secondary N) is 1. The van der Waals surface area contributed by atoms with Crippen molar-refractivity contribution in [1.82, 2.24) is 9.78 Å². The molecule has 18 heavy (non-hydrogen) atoms. The number of benzene rings is 1. The third kappa shape index (κ3) is 2.11. The van der Waals surface area contributed by atoms with Gasteiger partial charge in [0, 0.05) is 11.3 Å². The van der Waals surface area contributed by atoms with Crippen LogP contribution in [0, 0.1) is 20.8 Å². The lowest BCUT2D eigenvalue weighted by Crippen LogP contribution is -2.12. The van der Waals surface area contributed by atoms with E-state index < -0.39 is 0 Å². The summed E-state index contributed by atoms with van der Waals surface area (Å²) in [5.74, 6) is 0. The van der Waals surface area contributed by atoms with Gasteiger partial charge >= 0.3 is 0 Å². The largest absolute Gasteiger partial charge is 0.330 e. The minimum Gasteiger partial charge on any atom is -0.330 e. The fourth-order valence-corrected chi connectivity index (χ4v) is 2.29. The summed E-state index contributed by atoms with van der Waals surface area (Å²) in [7, 11) is 0. The van der Waals surface area contributed by atoms with Crippen LogP contribution in [0.4, 0.5) is 0 Å². The van der Waals surface area contributed by atoms with E-state index in [0.29, 0.717) is 13.0 Å². The average molecular weight is 245 g/mol. The molecule has 1 aromatic carbocycles. The topological polar surface area (TPSA) is 63.8 Å². The molecule has 1 heterocycles. The predicted octanol–water partition coefficient (Wildman–Crippen LogP) is 1.59. The molecule has 0 saturated heterocycles. The maximum Gasteiger partial charge on any atom is 0.267 e. The van der Waals surface area contributed by atoms with E-state index in [-0.39, 0.29) is 5.56 Å². The van der Waals surface area contributed by atoms with Crippen molar-refractivity contribution >= 4 is 0 Å². The summed E-state index contributed by atoms with van der Waals surface area (Å²) < 4.78 is 1.85. The fourth-order valence-electron chi connectivity index (χ4n) is 2.29. The van der Waals surface area contributed by atoms with Gasteiger partial charge in [-0.05, 0) is 45.4 Å². The first-order chi connectivity index (χ1) is 8.54. The van der Waals surface area contributed by atoms with Gasteiger partial charge in [0.15, 0.2) is 0 Å². The second kappa shape index (κ2) is 4.82. The van der Waals surface area contributed by atoms with Gasteiger partial charge in [-0.2, -0.15) is 0 Å². The van der Waals surface area contributed by atoms with Gasteiger partial charge in [-0.1, -0.05) is 17.7 Å². The molecule has 96 valence electrons. The smallest absolute Gasteiger partial charge is 0.267 e. The van der Waals surface area contributed by atoms with Crippen LogP contribution in [0.3, 0.4) is 0 Å². The summed E-state index contributed by atoms with van der Waals surface area (Å²) in [4.78, 5) is 11.9. The Kier molecular flexibility index (Phi) is 3.39. The van der Waals surface area contributed by atoms with Crippen LogP contribution in [0.25, 0.3) is 5.69 Å². The Morgan fingerprint density at radius 1 is 1.28 bits per heavy atom. The number of nitrogens with two attached hydrogens (primary N) is 1. The summed E-state index contributed by atoms with van der Waals surface area (Å²) in [5.41, 5.74) is 10.6. The molecule has 2 aromatic rings. The highest BCUT2D eigenvalue weighted by Crippen LogP contribution is 2.17. The Morgan fingerprint density at radius 2 is 2.00 bits per heavy atom. The molecule has 0 bridgehead atoms. The molecule has 4 nitrogen and oxygen atoms in total. The normalized spacial score (nSPS) is 10.9. The molecule has 4 heteroatoms. The van der Waals surface area contributed by atoms with Crippen LogP contribution in [0.1, 0.15) is 22.4 Å². The molecule has 0 fully saturated rings. The molecule has 0 amide bonds. The maximum atomic E-state index is 11.9. The quantitative estimate of drug-likeness (QED) is 0.862. The molecule has 0 radical (unpaired) electrons. The van der Waals surface area contributed by atoms with Crippen molar-refractivity contribution in [2.45, 2.75) is 27.2 Å². The zero-order valence-electron chi connectivity index (χ0n) is 11.1. The minimum atomic E-state index is -0.0436. The van der Waals surface area contributed by atoms with Crippen LogP contribution in [0.2, 0.25) is 0 Å². The van der Waals surface area contributed by atoms with Crippen molar-refractivity contribution in [2.24, 2.45) is 5.73 Å². The van der Waals surface area contributed by atoms with Gasteiger partial charge in [-0.15, -0.1) is 0 Å². The Balaban J connectivity index is 2.58. The van der Waals surface area contributed by atoms with E-state index in [1.807, 2.05) is 30.7 Å². The Labute approximate surface area is 106 Å². The van der Waals surface area contributed by atoms with E-state index in [1.165, 1.54) is 5.56 Å². The lowest BCUT2D eigenvalue weighted by molar-refractivity contribution is 0.826. The van der Waals surface area contributed by atoms with E-state index in [2.05, 4.69) is 18.1 Å². The first-order valence-electron chi connectivity index (χ1n) is 6.12. The van der Waals surface area contributed by atoms with E-state index >= 15 is 0 Å². The third-order valence-electron chi connectivity index (χ3n) is 3.25. The minimum absolute atomic E-state index is 0.0436. The maximum absolute atomic E-state index is 11.9. The summed E-state index contributed by atoms with van der Waals surface area (Å²) >= 11 is 0. The van der Waals surface area contributed by atoms with Gasteiger partial charge in [0.05, 0.1) is 5.69 Å². The molecule has 0 aliphatic rings. The molecular formula is C14H19N3O. The molecule has 1 aromatic heterocycles. The monoisotopic (exact) mass is 245 g/mol. The number of aromatic amines is 1. The summed E-state index contributed by atoms with van der Waals surface area (Å²) in [6.07, 6.45) is 0.610. The second-order valence-corrected chi connectivity index (χ2v) is 4.67. The van der Waals surface area contributed by atoms with Crippen molar-refractivity contribution < 1.29 is 0 Å². The fraction of sp³-hybridized carbons (Fsp3) is 0.357. The second-order valence-electron chi connectivity index (χ2n) is 4.67. The van der Waals surface area contributed by atoms with Crippen LogP contribution in [0.15, 0.2) is 23.0 Å². The molecule has 0 atom stereocenters. The van der Waals surface area contributed by atoms with Crippen LogP contribution in [-0.4, -0.2) is 16.3 Å². The van der Waals surface area contributed by atoms with E-state index in [0.717, 1.165) is 22.5 Å². The zero-order valence-corrected chi connectivity index (χ0v) is 11.1. The van der Waals surface area contributed by atoms with Crippen LogP contribution < -0.4 is 11.3 Å². The first-order valence-corrected chi connectivity index (χ1v) is 6.12. The van der Waals surface area contributed by atoms with Crippen LogP contribution in [-0.2, 0) is 6.42 Å². The molecule has 0 spiro atoms. The average Bonchev–Trinajstić information content (AvgIpc) is 2.58. The Bertz CT molecular complexity index is 622. The Hall–Kier alpha value is -1.81. The number of H-pyrrole nitrogens is 1. The summed E-state index contributed by atoms with van der Waals surface area (Å²) in [6.45, 7) is 6.54. The van der Waals surface area contributed by atoms with Crippen molar-refractivity contribution in [2.75, 3.05) is 6.54 Å². The number of aryl methyl sites for hydroxylation is 2. The van der Waals surface area contributed by atoms with Gasteiger partial charge in [0.2, 0.25) is 0 Å². The summed E-state index contributed by atoms with van der Waals surface area (Å²) in [5, 5.41) is 2.88. The van der Waals surface area contributed by atoms with E-state index in [9.17, 15) is 4.79 Å². The zero-order chi connectivity index (χ0) is 13.3. The number of hydrogen-bond donors (Lipinski definition) is 2. The third-order valence-corrected chi connectivity index (χ3v) is 3.25. The van der Waals surface area contributed by atoms with Crippen molar-refractivity contribution in [3.63, 3.8) is 0 Å². The van der Waals surface area contributed by atoms with Crippen LogP contribution in [0.5, 0.6) is 0 Å². The van der Waals surface area contributed by atoms with Gasteiger partial charge in [0.25, 0.3) is 5.56 Å². The van der Waals surface area contributed by atoms with E-state index in [4.69, 9.17) is 5.73 Å². The Morgan fingerprint density at radius 3 is 2.61 bits per heavy atom. The number of hydrogen-bond acceptors (Lipinski definition) is 2. The number of aromatic nitrogens is 2. The molecular weight excluding hydrogens is 226 g/mol. The van der Waals surface area contributed by atoms with Gasteiger partial charge in [0.1, 0.15) is 0 Å². The SMILES string of the molecule is Cc1ccc(-n2[nH]c(=O)c(CCN)c2C)c(C)c1. The number of rotatable bonds is 3. The van der Waals surface area contributed by atoms with Gasteiger partial charge < -0.3 is 5.73 Å². The predicted molar refractivity (Wildman–Crippen MR) is 73.4 cm³/mol. The molecule has 0 aliphatic heterocycles. The van der Waals surface area contributed by atoms with Crippen molar-refractivity contribution in [1.29, 1.82) is 0 Å². The highest BCUT2D eigenvalue weighted by atomic mass is 16.1. The molecule has 0 saturated carbocycles. The van der Waals surface area contributed by atoms with Crippen LogP contribution >= 0.6 is 0 Å². The van der Waals surface area contributed by atoms with Gasteiger partial charge in [-0.3, -0.25) is 14.6 Å². The molecule has 3 N–H and O–H groups in total. The summed E-state index contributed by atoms with van der Waals surface area (Å²) in [6, 6.07) is 6.18. The van der Waals surface area contributed by atoms with Crippen molar-refractivity contribution in [3.05, 3.63) is 50.9 Å². The van der Waals surface area contributed by atoms with Gasteiger partial charge in [-0.25, -0.2) is 0 Å².